The fourth-order valence-corrected chi connectivity index (χ4v) is 6.57. The van der Waals surface area contributed by atoms with Crippen LogP contribution in [0.2, 0.25) is 0 Å². The second kappa shape index (κ2) is 17.9. The van der Waals surface area contributed by atoms with Gasteiger partial charge in [0, 0.05) is 67.0 Å². The van der Waals surface area contributed by atoms with Gasteiger partial charge in [-0.1, -0.05) is 64.5 Å². The molecule has 1 amide bonds. The number of pyridine rings is 1. The van der Waals surface area contributed by atoms with Crippen molar-refractivity contribution in [3.63, 3.8) is 0 Å². The molecular formula is C39H57N5O3. The van der Waals surface area contributed by atoms with Crippen molar-refractivity contribution >= 4 is 17.3 Å². The number of hydrazine groups is 1. The molecular weight excluding hydrogens is 586 g/mol. The molecule has 0 unspecified atom stereocenters. The van der Waals surface area contributed by atoms with Crippen LogP contribution in [-0.2, 0) is 5.54 Å². The third-order valence-electron chi connectivity index (χ3n) is 9.28. The lowest BCUT2D eigenvalue weighted by Gasteiger charge is -2.41. The van der Waals surface area contributed by atoms with Gasteiger partial charge in [0.05, 0.1) is 24.5 Å². The van der Waals surface area contributed by atoms with Gasteiger partial charge in [0.1, 0.15) is 17.0 Å². The zero-order valence-electron chi connectivity index (χ0n) is 29.7. The molecule has 0 fully saturated rings. The van der Waals surface area contributed by atoms with Crippen molar-refractivity contribution in [2.45, 2.75) is 98.4 Å². The zero-order valence-corrected chi connectivity index (χ0v) is 29.7. The summed E-state index contributed by atoms with van der Waals surface area (Å²) in [5, 5.41) is 0. The first-order chi connectivity index (χ1) is 23.0. The van der Waals surface area contributed by atoms with Crippen LogP contribution in [-0.4, -0.2) is 50.3 Å². The molecule has 8 heteroatoms. The van der Waals surface area contributed by atoms with E-state index >= 15 is 0 Å². The Kier molecular flexibility index (Phi) is 13.8. The maximum absolute atomic E-state index is 13.3. The van der Waals surface area contributed by atoms with Crippen LogP contribution in [0.15, 0.2) is 54.7 Å². The number of nitrogens with one attached hydrogen (secondary N) is 2. The van der Waals surface area contributed by atoms with E-state index in [2.05, 4.69) is 98.6 Å². The lowest BCUT2D eigenvalue weighted by molar-refractivity contribution is 0.0892. The Hall–Kier alpha value is -3.78. The van der Waals surface area contributed by atoms with E-state index in [0.717, 1.165) is 85.9 Å². The number of amides is 1. The highest BCUT2D eigenvalue weighted by Gasteiger charge is 2.48. The van der Waals surface area contributed by atoms with Crippen molar-refractivity contribution in [1.29, 1.82) is 0 Å². The first-order valence-corrected chi connectivity index (χ1v) is 18.1. The Labute approximate surface area is 283 Å². The fraction of sp³-hybridized carbons (Fsp3) is 0.538. The summed E-state index contributed by atoms with van der Waals surface area (Å²) in [5.74, 6) is 1.33. The van der Waals surface area contributed by atoms with E-state index in [9.17, 15) is 4.79 Å². The molecule has 4 rings (SSSR count). The number of benzene rings is 2. The number of rotatable bonds is 20. The van der Waals surface area contributed by atoms with E-state index in [1.54, 1.807) is 6.20 Å². The molecule has 3 aromatic rings. The Morgan fingerprint density at radius 2 is 1.19 bits per heavy atom. The normalized spacial score (nSPS) is 13.5. The Morgan fingerprint density at radius 3 is 1.66 bits per heavy atom. The van der Waals surface area contributed by atoms with Gasteiger partial charge in [0.15, 0.2) is 0 Å². The molecule has 1 aromatic heterocycles. The molecule has 0 aliphatic carbocycles. The van der Waals surface area contributed by atoms with E-state index in [1.807, 2.05) is 12.1 Å². The summed E-state index contributed by atoms with van der Waals surface area (Å²) in [6, 6.07) is 16.6. The second-order valence-electron chi connectivity index (χ2n) is 12.3. The number of fused-ring (bicyclic) bond motifs is 1. The minimum absolute atomic E-state index is 0.215. The van der Waals surface area contributed by atoms with Crippen LogP contribution in [0.5, 0.6) is 11.5 Å². The van der Waals surface area contributed by atoms with Gasteiger partial charge in [-0.2, -0.15) is 0 Å². The molecule has 0 radical (unpaired) electrons. The van der Waals surface area contributed by atoms with Crippen molar-refractivity contribution in [3.8, 4) is 11.5 Å². The van der Waals surface area contributed by atoms with Crippen LogP contribution in [0.3, 0.4) is 0 Å². The number of nitrogens with zero attached hydrogens (tertiary/aromatic N) is 3. The number of ether oxygens (including phenoxy) is 2. The van der Waals surface area contributed by atoms with E-state index in [1.165, 1.54) is 25.7 Å². The van der Waals surface area contributed by atoms with Gasteiger partial charge in [-0.3, -0.25) is 15.2 Å². The third-order valence-corrected chi connectivity index (χ3v) is 9.28. The minimum Gasteiger partial charge on any atom is -0.493 e. The van der Waals surface area contributed by atoms with Crippen LogP contribution in [0.1, 0.15) is 120 Å². The van der Waals surface area contributed by atoms with E-state index in [0.29, 0.717) is 24.5 Å². The minimum atomic E-state index is -1.08. The molecule has 0 bridgehead atoms. The number of unbranched alkanes of at least 4 members (excludes halogenated alkanes) is 6. The second-order valence-corrected chi connectivity index (χ2v) is 12.3. The molecule has 0 saturated carbocycles. The average Bonchev–Trinajstić information content (AvgIpc) is 3.10. The standard InChI is InChI=1S/C39H57N5O3/c1-7-13-15-17-26-46-35-28-30(43(9-3)10-4)21-23-33(35)39(37-32(20-19-25-40-37)38(45)41-42-39)34-24-22-31(44(11-5)12-6)29-36(34)47-27-18-16-14-8-2/h19-25,28-29,42H,7-18,26-27H2,1-6H3,(H,41,45). The van der Waals surface area contributed by atoms with Crippen LogP contribution >= 0.6 is 0 Å². The van der Waals surface area contributed by atoms with E-state index in [4.69, 9.17) is 14.5 Å². The van der Waals surface area contributed by atoms with Crippen molar-refractivity contribution in [1.82, 2.24) is 15.8 Å². The van der Waals surface area contributed by atoms with Gasteiger partial charge in [0.2, 0.25) is 0 Å². The van der Waals surface area contributed by atoms with Crippen LogP contribution in [0.4, 0.5) is 11.4 Å². The van der Waals surface area contributed by atoms with E-state index in [-0.39, 0.29) is 5.91 Å². The van der Waals surface area contributed by atoms with Crippen molar-refractivity contribution < 1.29 is 14.3 Å². The van der Waals surface area contributed by atoms with Gasteiger partial charge in [-0.05, 0) is 64.8 Å². The van der Waals surface area contributed by atoms with Gasteiger partial charge in [-0.25, -0.2) is 5.43 Å². The highest BCUT2D eigenvalue weighted by Crippen LogP contribution is 2.47. The van der Waals surface area contributed by atoms with E-state index < -0.39 is 5.54 Å². The quantitative estimate of drug-likeness (QED) is 0.120. The molecule has 0 atom stereocenters. The van der Waals surface area contributed by atoms with Crippen molar-refractivity contribution in [2.24, 2.45) is 0 Å². The predicted molar refractivity (Wildman–Crippen MR) is 194 cm³/mol. The summed E-state index contributed by atoms with van der Waals surface area (Å²) in [7, 11) is 0. The van der Waals surface area contributed by atoms with Crippen LogP contribution < -0.4 is 30.1 Å². The van der Waals surface area contributed by atoms with Gasteiger partial charge >= 0.3 is 0 Å². The summed E-state index contributed by atoms with van der Waals surface area (Å²) in [6.45, 7) is 17.9. The number of hydrogen-bond donors (Lipinski definition) is 2. The Bertz CT molecular complexity index is 1350. The van der Waals surface area contributed by atoms with Crippen molar-refractivity contribution in [3.05, 3.63) is 77.1 Å². The number of aromatic nitrogens is 1. The fourth-order valence-electron chi connectivity index (χ4n) is 6.57. The Morgan fingerprint density at radius 1 is 0.681 bits per heavy atom. The van der Waals surface area contributed by atoms with Gasteiger partial charge < -0.3 is 19.3 Å². The summed E-state index contributed by atoms with van der Waals surface area (Å²) in [4.78, 5) is 22.9. The maximum Gasteiger partial charge on any atom is 0.267 e. The molecule has 2 heterocycles. The number of carbonyl (C=O) groups is 1. The third kappa shape index (κ3) is 8.21. The molecule has 1 aliphatic rings. The summed E-state index contributed by atoms with van der Waals surface area (Å²) in [6.07, 6.45) is 10.6. The number of anilines is 2. The molecule has 1 aliphatic heterocycles. The highest BCUT2D eigenvalue weighted by atomic mass is 16.5. The molecule has 0 spiro atoms. The molecule has 2 N–H and O–H groups in total. The van der Waals surface area contributed by atoms with Crippen LogP contribution in [0, 0.1) is 0 Å². The SMILES string of the molecule is CCCCCCOc1cc(N(CC)CC)ccc1C1(c2ccc(N(CC)CC)cc2OCCCCCC)NNC(=O)c2cccnc21. The summed E-state index contributed by atoms with van der Waals surface area (Å²) in [5.41, 5.74) is 10.5. The molecule has 0 saturated heterocycles. The number of carbonyl (C=O) groups excluding carboxylic acids is 1. The average molecular weight is 644 g/mol. The van der Waals surface area contributed by atoms with Gasteiger partial charge in [0.25, 0.3) is 5.91 Å². The zero-order chi connectivity index (χ0) is 33.6. The lowest BCUT2D eigenvalue weighted by atomic mass is 9.76. The molecule has 256 valence electrons. The predicted octanol–water partition coefficient (Wildman–Crippen LogP) is 8.23. The maximum atomic E-state index is 13.3. The highest BCUT2D eigenvalue weighted by molar-refractivity contribution is 5.97. The van der Waals surface area contributed by atoms with Crippen molar-refractivity contribution in [2.75, 3.05) is 49.2 Å². The molecule has 8 nitrogen and oxygen atoms in total. The van der Waals surface area contributed by atoms with Crippen LogP contribution in [0.25, 0.3) is 0 Å². The smallest absolute Gasteiger partial charge is 0.267 e. The topological polar surface area (TPSA) is 79.0 Å². The molecule has 2 aromatic carbocycles. The summed E-state index contributed by atoms with van der Waals surface area (Å²) >= 11 is 0. The number of hydrogen-bond acceptors (Lipinski definition) is 7. The first kappa shape index (κ1) is 36.1. The van der Waals surface area contributed by atoms with Gasteiger partial charge in [-0.15, -0.1) is 0 Å². The summed E-state index contributed by atoms with van der Waals surface area (Å²) < 4.78 is 13.4. The monoisotopic (exact) mass is 643 g/mol. The lowest BCUT2D eigenvalue weighted by Crippen LogP contribution is -2.58. The first-order valence-electron chi connectivity index (χ1n) is 18.1. The Balaban J connectivity index is 1.97. The largest absolute Gasteiger partial charge is 0.493 e. The molecule has 47 heavy (non-hydrogen) atoms.